The number of nitrogens with one attached hydrogen (secondary N) is 1. The second-order valence-electron chi connectivity index (χ2n) is 5.56. The topological polar surface area (TPSA) is 32.3 Å². The van der Waals surface area contributed by atoms with E-state index in [1.165, 1.54) is 0 Å². The van der Waals surface area contributed by atoms with Crippen molar-refractivity contribution in [3.63, 3.8) is 0 Å². The highest BCUT2D eigenvalue weighted by Crippen LogP contribution is 2.47. The summed E-state index contributed by atoms with van der Waals surface area (Å²) in [5, 5.41) is 13.0. The van der Waals surface area contributed by atoms with E-state index in [0.29, 0.717) is 31.1 Å². The van der Waals surface area contributed by atoms with E-state index in [1.807, 2.05) is 12.1 Å². The van der Waals surface area contributed by atoms with Crippen LogP contribution in [0.1, 0.15) is 43.4 Å². The fourth-order valence-electron chi connectivity index (χ4n) is 2.81. The first-order valence-electron chi connectivity index (χ1n) is 6.32. The fourth-order valence-corrected chi connectivity index (χ4v) is 2.81. The Labute approximate surface area is 101 Å². The lowest BCUT2D eigenvalue weighted by Crippen LogP contribution is -2.38. The molecule has 2 aliphatic rings. The molecule has 0 radical (unpaired) electrons. The van der Waals surface area contributed by atoms with Gasteiger partial charge in [0, 0.05) is 18.5 Å². The molecule has 0 spiro atoms. The van der Waals surface area contributed by atoms with Gasteiger partial charge in [-0.1, -0.05) is 6.07 Å². The fraction of sp³-hybridized carbons (Fsp3) is 0.571. The Balaban J connectivity index is 1.90. The Bertz CT molecular complexity index is 442. The van der Waals surface area contributed by atoms with Crippen molar-refractivity contribution in [2.75, 3.05) is 0 Å². The lowest BCUT2D eigenvalue weighted by molar-refractivity contribution is 0.243. The molecule has 2 unspecified atom stereocenters. The number of hydrogen-bond donors (Lipinski definition) is 2. The van der Waals surface area contributed by atoms with Crippen LogP contribution in [-0.4, -0.2) is 16.8 Å². The van der Waals surface area contributed by atoms with Crippen LogP contribution in [0.4, 0.5) is 4.39 Å². The molecular formula is C14H18FNO. The van der Waals surface area contributed by atoms with Gasteiger partial charge >= 0.3 is 0 Å². The number of benzene rings is 1. The summed E-state index contributed by atoms with van der Waals surface area (Å²) in [6.07, 6.45) is 2.87. The highest BCUT2D eigenvalue weighted by Gasteiger charge is 2.45. The molecule has 2 N–H and O–H groups in total. The van der Waals surface area contributed by atoms with Crippen LogP contribution in [0, 0.1) is 0 Å². The van der Waals surface area contributed by atoms with E-state index in [0.717, 1.165) is 17.5 Å². The average molecular weight is 235 g/mol. The molecule has 1 aliphatic heterocycles. The number of rotatable bonds is 2. The summed E-state index contributed by atoms with van der Waals surface area (Å²) in [5.74, 6) is 0.304. The molecule has 0 amide bonds. The van der Waals surface area contributed by atoms with Gasteiger partial charge in [0.25, 0.3) is 0 Å². The summed E-state index contributed by atoms with van der Waals surface area (Å²) in [5.41, 5.74) is 1.37. The maximum atomic E-state index is 13.9. The van der Waals surface area contributed by atoms with Crippen LogP contribution in [0.5, 0.6) is 5.75 Å². The van der Waals surface area contributed by atoms with Gasteiger partial charge in [0.2, 0.25) is 0 Å². The number of hydrogen-bond acceptors (Lipinski definition) is 2. The number of halogens is 1. The van der Waals surface area contributed by atoms with Gasteiger partial charge in [-0.25, -0.2) is 4.39 Å². The van der Waals surface area contributed by atoms with E-state index in [4.69, 9.17) is 0 Å². The number of fused-ring (bicyclic) bond motifs is 1. The minimum atomic E-state index is -0.941. The second-order valence-corrected chi connectivity index (χ2v) is 5.56. The second kappa shape index (κ2) is 3.70. The maximum absolute atomic E-state index is 13.9. The largest absolute Gasteiger partial charge is 0.508 e. The van der Waals surface area contributed by atoms with Crippen LogP contribution in [0.15, 0.2) is 18.2 Å². The molecule has 1 aromatic rings. The summed E-state index contributed by atoms with van der Waals surface area (Å²) in [6, 6.07) is 5.89. The van der Waals surface area contributed by atoms with Crippen molar-refractivity contribution < 1.29 is 9.50 Å². The Morgan fingerprint density at radius 2 is 2.24 bits per heavy atom. The molecule has 3 rings (SSSR count). The van der Waals surface area contributed by atoms with Crippen LogP contribution in [-0.2, 0) is 6.42 Å². The summed E-state index contributed by atoms with van der Waals surface area (Å²) >= 11 is 0. The average Bonchev–Trinajstić information content (AvgIpc) is 2.94. The highest BCUT2D eigenvalue weighted by atomic mass is 19.1. The van der Waals surface area contributed by atoms with E-state index in [2.05, 4.69) is 12.2 Å². The SMILES string of the molecule is CC1Cc2cc(O)ccc2C(CC2(F)CC2)N1. The van der Waals surface area contributed by atoms with E-state index >= 15 is 0 Å². The van der Waals surface area contributed by atoms with Crippen molar-refractivity contribution in [1.29, 1.82) is 0 Å². The van der Waals surface area contributed by atoms with Crippen LogP contribution in [0.2, 0.25) is 0 Å². The molecule has 1 fully saturated rings. The quantitative estimate of drug-likeness (QED) is 0.826. The number of alkyl halides is 1. The van der Waals surface area contributed by atoms with Crippen molar-refractivity contribution in [2.45, 2.75) is 50.4 Å². The van der Waals surface area contributed by atoms with Gasteiger partial charge in [0.05, 0.1) is 0 Å². The van der Waals surface area contributed by atoms with Crippen molar-refractivity contribution >= 4 is 0 Å². The van der Waals surface area contributed by atoms with Crippen molar-refractivity contribution in [1.82, 2.24) is 5.32 Å². The first kappa shape index (κ1) is 11.0. The molecule has 1 saturated carbocycles. The Kier molecular flexibility index (Phi) is 2.40. The van der Waals surface area contributed by atoms with Crippen molar-refractivity contribution in [3.8, 4) is 5.75 Å². The van der Waals surface area contributed by atoms with Gasteiger partial charge in [-0.05, 0) is 49.4 Å². The third kappa shape index (κ3) is 2.16. The number of phenolic OH excluding ortho intramolecular Hbond substituents is 1. The summed E-state index contributed by atoms with van der Waals surface area (Å²) in [6.45, 7) is 2.11. The van der Waals surface area contributed by atoms with Gasteiger partial charge in [0.1, 0.15) is 11.4 Å². The molecule has 1 aromatic carbocycles. The molecule has 17 heavy (non-hydrogen) atoms. The summed E-state index contributed by atoms with van der Waals surface area (Å²) in [4.78, 5) is 0. The van der Waals surface area contributed by atoms with E-state index < -0.39 is 5.67 Å². The first-order valence-corrected chi connectivity index (χ1v) is 6.32. The molecule has 3 heteroatoms. The van der Waals surface area contributed by atoms with E-state index in [9.17, 15) is 9.50 Å². The molecular weight excluding hydrogens is 217 g/mol. The standard InChI is InChI=1S/C14H18FNO/c1-9-6-10-7-11(17)2-3-12(10)13(16-9)8-14(15)4-5-14/h2-3,7,9,13,16-17H,4-6,8H2,1H3. The predicted molar refractivity (Wildman–Crippen MR) is 64.8 cm³/mol. The number of aromatic hydroxyl groups is 1. The van der Waals surface area contributed by atoms with E-state index in [1.54, 1.807) is 6.07 Å². The highest BCUT2D eigenvalue weighted by molar-refractivity contribution is 5.39. The monoisotopic (exact) mass is 235 g/mol. The van der Waals surface area contributed by atoms with Crippen LogP contribution < -0.4 is 5.32 Å². The smallest absolute Gasteiger partial charge is 0.115 e. The zero-order valence-electron chi connectivity index (χ0n) is 10.0. The van der Waals surface area contributed by atoms with Crippen LogP contribution in [0.25, 0.3) is 0 Å². The van der Waals surface area contributed by atoms with Crippen LogP contribution >= 0.6 is 0 Å². The molecule has 0 saturated heterocycles. The lowest BCUT2D eigenvalue weighted by atomic mass is 9.87. The minimum absolute atomic E-state index is 0.0989. The minimum Gasteiger partial charge on any atom is -0.508 e. The lowest BCUT2D eigenvalue weighted by Gasteiger charge is -2.32. The van der Waals surface area contributed by atoms with Crippen molar-refractivity contribution in [3.05, 3.63) is 29.3 Å². The zero-order valence-corrected chi connectivity index (χ0v) is 10.0. The molecule has 0 aromatic heterocycles. The molecule has 2 atom stereocenters. The van der Waals surface area contributed by atoms with Gasteiger partial charge in [0.15, 0.2) is 0 Å². The molecule has 1 aliphatic carbocycles. The van der Waals surface area contributed by atoms with E-state index in [-0.39, 0.29) is 6.04 Å². The van der Waals surface area contributed by atoms with Gasteiger partial charge in [-0.2, -0.15) is 0 Å². The first-order chi connectivity index (χ1) is 8.06. The van der Waals surface area contributed by atoms with Gasteiger partial charge in [-0.3, -0.25) is 0 Å². The molecule has 2 nitrogen and oxygen atoms in total. The van der Waals surface area contributed by atoms with Gasteiger partial charge < -0.3 is 10.4 Å². The normalized spacial score (nSPS) is 29.8. The third-order valence-corrected chi connectivity index (χ3v) is 3.88. The Morgan fingerprint density at radius 3 is 2.94 bits per heavy atom. The van der Waals surface area contributed by atoms with Gasteiger partial charge in [-0.15, -0.1) is 0 Å². The third-order valence-electron chi connectivity index (χ3n) is 3.88. The summed E-state index contributed by atoms with van der Waals surface area (Å²) in [7, 11) is 0. The summed E-state index contributed by atoms with van der Waals surface area (Å²) < 4.78 is 13.9. The maximum Gasteiger partial charge on any atom is 0.115 e. The molecule has 0 bridgehead atoms. The van der Waals surface area contributed by atoms with Crippen molar-refractivity contribution in [2.24, 2.45) is 0 Å². The number of phenols is 1. The van der Waals surface area contributed by atoms with Crippen LogP contribution in [0.3, 0.4) is 0 Å². The zero-order chi connectivity index (χ0) is 12.0. The molecule has 1 heterocycles. The Hall–Kier alpha value is -1.09. The predicted octanol–water partition coefficient (Wildman–Crippen LogP) is 2.86. The Morgan fingerprint density at radius 1 is 1.47 bits per heavy atom. The molecule has 92 valence electrons.